The summed E-state index contributed by atoms with van der Waals surface area (Å²) in [6.45, 7) is 7.06. The highest BCUT2D eigenvalue weighted by Crippen LogP contribution is 2.42. The largest absolute Gasteiger partial charge is 0.321 e. The van der Waals surface area contributed by atoms with Crippen molar-refractivity contribution >= 4 is 0 Å². The van der Waals surface area contributed by atoms with E-state index in [2.05, 4.69) is 39.0 Å². The monoisotopic (exact) mass is 285 g/mol. The standard InChI is InChI=1S/C20H31N/c1-14-10-15(2)12-19(11-14)20(3,21)18-9-8-16-6-4-5-7-17(16)13-18/h8-9,13-15,19H,4-7,10-12,21H2,1-3H3. The van der Waals surface area contributed by atoms with Gasteiger partial charge in [-0.3, -0.25) is 0 Å². The highest BCUT2D eigenvalue weighted by Gasteiger charge is 2.37. The fraction of sp³-hybridized carbons (Fsp3) is 0.700. The van der Waals surface area contributed by atoms with Crippen molar-refractivity contribution in [1.29, 1.82) is 0 Å². The first-order valence-electron chi connectivity index (χ1n) is 8.88. The highest BCUT2D eigenvalue weighted by molar-refractivity contribution is 5.37. The van der Waals surface area contributed by atoms with Gasteiger partial charge in [-0.15, -0.1) is 0 Å². The van der Waals surface area contributed by atoms with Gasteiger partial charge in [-0.2, -0.15) is 0 Å². The minimum atomic E-state index is -0.171. The van der Waals surface area contributed by atoms with Gasteiger partial charge in [-0.1, -0.05) is 32.0 Å². The average Bonchev–Trinajstić information content (AvgIpc) is 2.45. The van der Waals surface area contributed by atoms with E-state index in [0.29, 0.717) is 5.92 Å². The van der Waals surface area contributed by atoms with E-state index in [1.165, 1.54) is 50.5 Å². The van der Waals surface area contributed by atoms with Gasteiger partial charge in [0.15, 0.2) is 0 Å². The van der Waals surface area contributed by atoms with Crippen LogP contribution in [0.2, 0.25) is 0 Å². The maximum absolute atomic E-state index is 6.87. The van der Waals surface area contributed by atoms with Gasteiger partial charge < -0.3 is 5.73 Å². The molecule has 0 amide bonds. The van der Waals surface area contributed by atoms with Crippen LogP contribution in [0.5, 0.6) is 0 Å². The summed E-state index contributed by atoms with van der Waals surface area (Å²) in [6, 6.07) is 7.09. The molecule has 2 N–H and O–H groups in total. The molecule has 0 spiro atoms. The topological polar surface area (TPSA) is 26.0 Å². The van der Waals surface area contributed by atoms with Gasteiger partial charge in [0.2, 0.25) is 0 Å². The zero-order valence-corrected chi connectivity index (χ0v) is 14.0. The molecular weight excluding hydrogens is 254 g/mol. The number of hydrogen-bond acceptors (Lipinski definition) is 1. The molecule has 0 aliphatic heterocycles. The molecule has 21 heavy (non-hydrogen) atoms. The third-order valence-electron chi connectivity index (χ3n) is 6.00. The molecule has 3 unspecified atom stereocenters. The van der Waals surface area contributed by atoms with Crippen LogP contribution in [-0.4, -0.2) is 0 Å². The minimum absolute atomic E-state index is 0.171. The molecule has 1 saturated carbocycles. The summed E-state index contributed by atoms with van der Waals surface area (Å²) in [4.78, 5) is 0. The van der Waals surface area contributed by atoms with Crippen LogP contribution in [0.3, 0.4) is 0 Å². The van der Waals surface area contributed by atoms with Crippen molar-refractivity contribution in [3.8, 4) is 0 Å². The Balaban J connectivity index is 1.87. The van der Waals surface area contributed by atoms with E-state index < -0.39 is 0 Å². The van der Waals surface area contributed by atoms with Crippen molar-refractivity contribution < 1.29 is 0 Å². The molecule has 0 aromatic heterocycles. The molecule has 2 aliphatic rings. The third kappa shape index (κ3) is 3.04. The second kappa shape index (κ2) is 5.76. The summed E-state index contributed by atoms with van der Waals surface area (Å²) >= 11 is 0. The lowest BCUT2D eigenvalue weighted by molar-refractivity contribution is 0.145. The van der Waals surface area contributed by atoms with Gasteiger partial charge >= 0.3 is 0 Å². The maximum Gasteiger partial charge on any atom is 0.0409 e. The Bertz CT molecular complexity index is 493. The SMILES string of the molecule is CC1CC(C)CC(C(C)(N)c2ccc3c(c2)CCCC3)C1. The second-order valence-corrected chi connectivity index (χ2v) is 8.09. The normalized spacial score (nSPS) is 32.3. The van der Waals surface area contributed by atoms with Crippen LogP contribution in [0.25, 0.3) is 0 Å². The molecule has 0 saturated heterocycles. The molecule has 3 atom stereocenters. The quantitative estimate of drug-likeness (QED) is 0.829. The van der Waals surface area contributed by atoms with E-state index in [1.54, 1.807) is 11.1 Å². The van der Waals surface area contributed by atoms with Crippen LogP contribution in [0.1, 0.15) is 69.6 Å². The number of nitrogens with two attached hydrogens (primary N) is 1. The molecule has 0 heterocycles. The lowest BCUT2D eigenvalue weighted by atomic mass is 9.66. The average molecular weight is 285 g/mol. The molecule has 1 heteroatoms. The predicted molar refractivity (Wildman–Crippen MR) is 90.3 cm³/mol. The molecule has 3 rings (SSSR count). The summed E-state index contributed by atoms with van der Waals surface area (Å²) in [5, 5.41) is 0. The van der Waals surface area contributed by atoms with Gasteiger partial charge in [0.1, 0.15) is 0 Å². The fourth-order valence-electron chi connectivity index (χ4n) is 4.74. The Kier molecular flexibility index (Phi) is 4.14. The van der Waals surface area contributed by atoms with E-state index in [-0.39, 0.29) is 5.54 Å². The van der Waals surface area contributed by atoms with Gasteiger partial charge in [-0.25, -0.2) is 0 Å². The zero-order valence-electron chi connectivity index (χ0n) is 14.0. The van der Waals surface area contributed by atoms with E-state index in [0.717, 1.165) is 11.8 Å². The number of benzene rings is 1. The van der Waals surface area contributed by atoms with Crippen LogP contribution in [0, 0.1) is 17.8 Å². The molecule has 1 fully saturated rings. The fourth-order valence-corrected chi connectivity index (χ4v) is 4.74. The van der Waals surface area contributed by atoms with Crippen LogP contribution in [0.4, 0.5) is 0 Å². The van der Waals surface area contributed by atoms with Crippen molar-refractivity contribution in [3.63, 3.8) is 0 Å². The van der Waals surface area contributed by atoms with Crippen molar-refractivity contribution in [3.05, 3.63) is 34.9 Å². The Labute approximate surface area is 130 Å². The molecular formula is C20H31N. The van der Waals surface area contributed by atoms with Crippen LogP contribution < -0.4 is 5.73 Å². The van der Waals surface area contributed by atoms with E-state index in [4.69, 9.17) is 5.73 Å². The molecule has 116 valence electrons. The first-order chi connectivity index (χ1) is 9.96. The number of rotatable bonds is 2. The number of fused-ring (bicyclic) bond motifs is 1. The lowest BCUT2D eigenvalue weighted by Crippen LogP contribution is -2.44. The molecule has 2 aliphatic carbocycles. The van der Waals surface area contributed by atoms with Gasteiger partial charge in [0.25, 0.3) is 0 Å². The first-order valence-corrected chi connectivity index (χ1v) is 8.88. The Hall–Kier alpha value is -0.820. The van der Waals surface area contributed by atoms with Crippen LogP contribution in [-0.2, 0) is 18.4 Å². The van der Waals surface area contributed by atoms with Gasteiger partial charge in [0, 0.05) is 5.54 Å². The summed E-state index contributed by atoms with van der Waals surface area (Å²) in [6.07, 6.45) is 9.14. The van der Waals surface area contributed by atoms with Gasteiger partial charge in [0.05, 0.1) is 0 Å². The summed E-state index contributed by atoms with van der Waals surface area (Å²) in [5.74, 6) is 2.26. The van der Waals surface area contributed by atoms with E-state index >= 15 is 0 Å². The lowest BCUT2D eigenvalue weighted by Gasteiger charge is -2.42. The van der Waals surface area contributed by atoms with Gasteiger partial charge in [-0.05, 0) is 86.3 Å². The van der Waals surface area contributed by atoms with Crippen molar-refractivity contribution in [2.24, 2.45) is 23.5 Å². The van der Waals surface area contributed by atoms with E-state index in [1.807, 2.05) is 0 Å². The Morgan fingerprint density at radius 3 is 2.24 bits per heavy atom. The summed E-state index contributed by atoms with van der Waals surface area (Å²) in [7, 11) is 0. The zero-order chi connectivity index (χ0) is 15.0. The van der Waals surface area contributed by atoms with Crippen molar-refractivity contribution in [2.75, 3.05) is 0 Å². The molecule has 1 aromatic rings. The molecule has 1 nitrogen and oxygen atoms in total. The smallest absolute Gasteiger partial charge is 0.0409 e. The van der Waals surface area contributed by atoms with Crippen molar-refractivity contribution in [1.82, 2.24) is 0 Å². The maximum atomic E-state index is 6.87. The summed E-state index contributed by atoms with van der Waals surface area (Å²) < 4.78 is 0. The van der Waals surface area contributed by atoms with Crippen molar-refractivity contribution in [2.45, 2.75) is 71.3 Å². The second-order valence-electron chi connectivity index (χ2n) is 8.09. The number of hydrogen-bond donors (Lipinski definition) is 1. The van der Waals surface area contributed by atoms with Crippen LogP contribution in [0.15, 0.2) is 18.2 Å². The third-order valence-corrected chi connectivity index (χ3v) is 6.00. The predicted octanol–water partition coefficient (Wildman–Crippen LogP) is 4.81. The Morgan fingerprint density at radius 2 is 1.57 bits per heavy atom. The molecule has 0 bridgehead atoms. The van der Waals surface area contributed by atoms with E-state index in [9.17, 15) is 0 Å². The molecule has 1 aromatic carbocycles. The Morgan fingerprint density at radius 1 is 0.952 bits per heavy atom. The molecule has 0 radical (unpaired) electrons. The number of aryl methyl sites for hydroxylation is 2. The summed E-state index contributed by atoms with van der Waals surface area (Å²) in [5.41, 5.74) is 11.2. The highest BCUT2D eigenvalue weighted by atomic mass is 14.8. The minimum Gasteiger partial charge on any atom is -0.321 e. The van der Waals surface area contributed by atoms with Crippen LogP contribution >= 0.6 is 0 Å². The first kappa shape index (κ1) is 15.1.